The summed E-state index contributed by atoms with van der Waals surface area (Å²) >= 11 is -0.234. The number of urea groups is 1. The highest BCUT2D eigenvalue weighted by Gasteiger charge is 2.31. The zero-order valence-corrected chi connectivity index (χ0v) is 14.6. The van der Waals surface area contributed by atoms with Crippen LogP contribution in [0.25, 0.3) is 0 Å². The summed E-state index contributed by atoms with van der Waals surface area (Å²) in [5.74, 6) is 0. The van der Waals surface area contributed by atoms with E-state index in [2.05, 4.69) is 15.2 Å². The molecule has 0 unspecified atom stereocenters. The summed E-state index contributed by atoms with van der Waals surface area (Å²) in [5.41, 5.74) is -3.21. The van der Waals surface area contributed by atoms with Gasteiger partial charge in [-0.3, -0.25) is 4.98 Å². The Morgan fingerprint density at radius 2 is 1.69 bits per heavy atom. The summed E-state index contributed by atoms with van der Waals surface area (Å²) in [6, 6.07) is 9.33. The Balaban J connectivity index is 1.60. The lowest BCUT2D eigenvalue weighted by atomic mass is 10.2. The number of hydrogen-bond donors (Lipinski definition) is 1. The first-order chi connectivity index (χ1) is 12.4. The van der Waals surface area contributed by atoms with E-state index < -0.39 is 11.5 Å². The lowest BCUT2D eigenvalue weighted by Crippen LogP contribution is -2.50. The molecule has 138 valence electrons. The molecule has 1 aliphatic rings. The van der Waals surface area contributed by atoms with Gasteiger partial charge in [0.25, 0.3) is 0 Å². The van der Waals surface area contributed by atoms with Crippen LogP contribution in [0.15, 0.2) is 53.7 Å². The van der Waals surface area contributed by atoms with Gasteiger partial charge in [0.1, 0.15) is 0 Å². The number of hydrogen-bond acceptors (Lipinski definition) is 4. The van der Waals surface area contributed by atoms with E-state index in [9.17, 15) is 18.0 Å². The number of para-hydroxylation sites is 1. The number of pyridine rings is 1. The van der Waals surface area contributed by atoms with E-state index in [1.54, 1.807) is 23.4 Å². The van der Waals surface area contributed by atoms with Crippen molar-refractivity contribution in [1.82, 2.24) is 9.88 Å². The van der Waals surface area contributed by atoms with Crippen molar-refractivity contribution in [3.8, 4) is 0 Å². The molecule has 2 amide bonds. The van der Waals surface area contributed by atoms with Crippen LogP contribution in [-0.2, 0) is 0 Å². The van der Waals surface area contributed by atoms with Gasteiger partial charge in [-0.25, -0.2) is 4.79 Å². The molecule has 1 fully saturated rings. The van der Waals surface area contributed by atoms with E-state index in [-0.39, 0.29) is 22.3 Å². The minimum Gasteiger partial charge on any atom is -0.368 e. The predicted octanol–water partition coefficient (Wildman–Crippen LogP) is 4.05. The smallest absolute Gasteiger partial charge is 0.368 e. The SMILES string of the molecule is O=C(Nc1ccccc1SC(F)(F)F)N1CCN(c2ccncc2)CC1. The van der Waals surface area contributed by atoms with E-state index in [4.69, 9.17) is 0 Å². The zero-order valence-electron chi connectivity index (χ0n) is 13.7. The Bertz CT molecular complexity index is 749. The van der Waals surface area contributed by atoms with Gasteiger partial charge >= 0.3 is 11.5 Å². The van der Waals surface area contributed by atoms with Crippen LogP contribution in [0.5, 0.6) is 0 Å². The highest BCUT2D eigenvalue weighted by atomic mass is 32.2. The molecule has 1 aliphatic heterocycles. The summed E-state index contributed by atoms with van der Waals surface area (Å²) in [4.78, 5) is 20.1. The molecule has 1 N–H and O–H groups in total. The Morgan fingerprint density at radius 1 is 1.04 bits per heavy atom. The van der Waals surface area contributed by atoms with Crippen molar-refractivity contribution in [2.45, 2.75) is 10.4 Å². The number of carbonyl (C=O) groups excluding carboxylic acids is 1. The Kier molecular flexibility index (Phi) is 5.55. The third-order valence-corrected chi connectivity index (χ3v) is 4.76. The van der Waals surface area contributed by atoms with Crippen LogP contribution in [0, 0.1) is 0 Å². The Morgan fingerprint density at radius 3 is 2.35 bits per heavy atom. The molecule has 0 radical (unpaired) electrons. The fraction of sp³-hybridized carbons (Fsp3) is 0.294. The van der Waals surface area contributed by atoms with Gasteiger partial charge in [0.05, 0.1) is 5.69 Å². The molecule has 0 spiro atoms. The van der Waals surface area contributed by atoms with E-state index in [1.165, 1.54) is 18.2 Å². The second-order valence-electron chi connectivity index (χ2n) is 5.65. The number of nitrogens with zero attached hydrogens (tertiary/aromatic N) is 3. The standard InChI is InChI=1S/C17H17F3N4OS/c18-17(19,20)26-15-4-2-1-3-14(15)22-16(25)24-11-9-23(10-12-24)13-5-7-21-8-6-13/h1-8H,9-12H2,(H,22,25). The predicted molar refractivity (Wildman–Crippen MR) is 95.4 cm³/mol. The first-order valence-electron chi connectivity index (χ1n) is 7.98. The third-order valence-electron chi connectivity index (χ3n) is 3.95. The number of thioether (sulfide) groups is 1. The zero-order chi connectivity index (χ0) is 18.6. The highest BCUT2D eigenvalue weighted by molar-refractivity contribution is 8.00. The average Bonchev–Trinajstić information content (AvgIpc) is 2.63. The molecule has 26 heavy (non-hydrogen) atoms. The van der Waals surface area contributed by atoms with Gasteiger partial charge in [-0.15, -0.1) is 0 Å². The summed E-state index contributed by atoms with van der Waals surface area (Å²) in [6.07, 6.45) is 3.42. The van der Waals surface area contributed by atoms with Crippen LogP contribution in [0.3, 0.4) is 0 Å². The second kappa shape index (κ2) is 7.86. The molecule has 1 aromatic heterocycles. The summed E-state index contributed by atoms with van der Waals surface area (Å²) in [5, 5.41) is 2.60. The van der Waals surface area contributed by atoms with Crippen LogP contribution in [0.1, 0.15) is 0 Å². The number of anilines is 2. The highest BCUT2D eigenvalue weighted by Crippen LogP contribution is 2.40. The molecule has 3 rings (SSSR count). The van der Waals surface area contributed by atoms with Gasteiger partial charge in [-0.1, -0.05) is 12.1 Å². The van der Waals surface area contributed by atoms with Crippen molar-refractivity contribution in [1.29, 1.82) is 0 Å². The molecule has 2 heterocycles. The van der Waals surface area contributed by atoms with Gasteiger partial charge in [0.2, 0.25) is 0 Å². The molecular weight excluding hydrogens is 365 g/mol. The topological polar surface area (TPSA) is 48.5 Å². The summed E-state index contributed by atoms with van der Waals surface area (Å²) < 4.78 is 37.9. The van der Waals surface area contributed by atoms with Crippen molar-refractivity contribution in [3.63, 3.8) is 0 Å². The van der Waals surface area contributed by atoms with E-state index in [0.29, 0.717) is 26.2 Å². The first kappa shape index (κ1) is 18.4. The van der Waals surface area contributed by atoms with Crippen molar-refractivity contribution < 1.29 is 18.0 Å². The number of alkyl halides is 3. The molecule has 0 saturated carbocycles. The maximum absolute atomic E-state index is 12.6. The minimum absolute atomic E-state index is 0.0243. The molecule has 0 bridgehead atoms. The minimum atomic E-state index is -4.41. The van der Waals surface area contributed by atoms with Crippen LogP contribution in [0.4, 0.5) is 29.3 Å². The largest absolute Gasteiger partial charge is 0.446 e. The van der Waals surface area contributed by atoms with Gasteiger partial charge in [0.15, 0.2) is 0 Å². The molecule has 9 heteroatoms. The van der Waals surface area contributed by atoms with Crippen LogP contribution in [-0.4, -0.2) is 47.6 Å². The molecule has 1 aromatic carbocycles. The maximum Gasteiger partial charge on any atom is 0.446 e. The normalized spacial score (nSPS) is 15.0. The third kappa shape index (κ3) is 4.81. The Hall–Kier alpha value is -2.42. The number of aromatic nitrogens is 1. The van der Waals surface area contributed by atoms with Crippen molar-refractivity contribution >= 4 is 29.2 Å². The van der Waals surface area contributed by atoms with E-state index in [1.807, 2.05) is 12.1 Å². The monoisotopic (exact) mass is 382 g/mol. The number of benzene rings is 1. The van der Waals surface area contributed by atoms with E-state index >= 15 is 0 Å². The number of rotatable bonds is 3. The summed E-state index contributed by atoms with van der Waals surface area (Å²) in [7, 11) is 0. The van der Waals surface area contributed by atoms with E-state index in [0.717, 1.165) is 5.69 Å². The fourth-order valence-electron chi connectivity index (χ4n) is 2.70. The fourth-order valence-corrected chi connectivity index (χ4v) is 3.33. The first-order valence-corrected chi connectivity index (χ1v) is 8.80. The number of amides is 2. The molecule has 1 saturated heterocycles. The van der Waals surface area contributed by atoms with Crippen molar-refractivity contribution in [3.05, 3.63) is 48.8 Å². The Labute approximate surface area is 153 Å². The van der Waals surface area contributed by atoms with Crippen LogP contribution < -0.4 is 10.2 Å². The molecule has 2 aromatic rings. The van der Waals surface area contributed by atoms with Crippen molar-refractivity contribution in [2.75, 3.05) is 36.4 Å². The number of nitrogens with one attached hydrogen (secondary N) is 1. The number of piperazine rings is 1. The van der Waals surface area contributed by atoms with Gasteiger partial charge in [-0.05, 0) is 36.0 Å². The number of carbonyl (C=O) groups is 1. The molecule has 0 aliphatic carbocycles. The molecule has 0 atom stereocenters. The van der Waals surface area contributed by atoms with Gasteiger partial charge in [0, 0.05) is 49.2 Å². The summed E-state index contributed by atoms with van der Waals surface area (Å²) in [6.45, 7) is 2.28. The molecule has 5 nitrogen and oxygen atoms in total. The quantitative estimate of drug-likeness (QED) is 0.814. The lowest BCUT2D eigenvalue weighted by Gasteiger charge is -2.36. The number of halogens is 3. The van der Waals surface area contributed by atoms with Gasteiger partial charge in [-0.2, -0.15) is 13.2 Å². The van der Waals surface area contributed by atoms with Gasteiger partial charge < -0.3 is 15.1 Å². The average molecular weight is 382 g/mol. The lowest BCUT2D eigenvalue weighted by molar-refractivity contribution is -0.0328. The van der Waals surface area contributed by atoms with Crippen LogP contribution in [0.2, 0.25) is 0 Å². The second-order valence-corrected chi connectivity index (χ2v) is 6.76. The maximum atomic E-state index is 12.6. The van der Waals surface area contributed by atoms with Crippen molar-refractivity contribution in [2.24, 2.45) is 0 Å². The van der Waals surface area contributed by atoms with Crippen LogP contribution >= 0.6 is 11.8 Å². The molecular formula is C17H17F3N4OS.